The first-order valence-corrected chi connectivity index (χ1v) is 5.62. The van der Waals surface area contributed by atoms with E-state index in [2.05, 4.69) is 19.1 Å². The minimum atomic E-state index is -0.247. The monoisotopic (exact) mass is 204 g/mol. The predicted molar refractivity (Wildman–Crippen MR) is 57.3 cm³/mol. The lowest BCUT2D eigenvalue weighted by molar-refractivity contribution is -0.126. The number of carbonyl (C=O) groups excluding carboxylic acids is 1. The van der Waals surface area contributed by atoms with Crippen LogP contribution in [-0.4, -0.2) is 18.5 Å². The van der Waals surface area contributed by atoms with Gasteiger partial charge in [0, 0.05) is 18.9 Å². The van der Waals surface area contributed by atoms with Gasteiger partial charge in [0.2, 0.25) is 0 Å². The summed E-state index contributed by atoms with van der Waals surface area (Å²) >= 11 is 0. The van der Waals surface area contributed by atoms with Crippen LogP contribution in [0.4, 0.5) is 0 Å². The summed E-state index contributed by atoms with van der Waals surface area (Å²) in [4.78, 5) is 11.9. The quantitative estimate of drug-likeness (QED) is 0.610. The Balaban J connectivity index is 2.07. The fourth-order valence-electron chi connectivity index (χ4n) is 3.67. The summed E-state index contributed by atoms with van der Waals surface area (Å²) in [5.41, 5.74) is -0.247. The van der Waals surface area contributed by atoms with Gasteiger partial charge in [0.25, 0.3) is 0 Å². The van der Waals surface area contributed by atoms with Gasteiger partial charge >= 0.3 is 0 Å². The zero-order valence-electron chi connectivity index (χ0n) is 9.14. The van der Waals surface area contributed by atoms with Crippen LogP contribution in [0.3, 0.4) is 0 Å². The lowest BCUT2D eigenvalue weighted by atomic mass is 9.68. The van der Waals surface area contributed by atoms with E-state index in [4.69, 9.17) is 4.74 Å². The number of allylic oxidation sites excluding steroid dienone is 3. The van der Waals surface area contributed by atoms with Crippen molar-refractivity contribution in [2.75, 3.05) is 7.11 Å². The fourth-order valence-corrected chi connectivity index (χ4v) is 3.67. The first-order valence-electron chi connectivity index (χ1n) is 5.62. The molecule has 0 aromatic rings. The first-order chi connectivity index (χ1) is 7.15. The molecule has 0 unspecified atom stereocenters. The molecule has 3 rings (SSSR count). The highest BCUT2D eigenvalue weighted by molar-refractivity contribution is 5.94. The van der Waals surface area contributed by atoms with Gasteiger partial charge < -0.3 is 4.74 Å². The minimum absolute atomic E-state index is 0.176. The molecule has 1 saturated carbocycles. The van der Waals surface area contributed by atoms with Crippen molar-refractivity contribution in [3.8, 4) is 0 Å². The molecular formula is C13H16O2. The maximum atomic E-state index is 11.9. The SMILES string of the molecule is CO[C@]1(C)C=CC(=O)[C@H]2[C@@H]1[C@H]1C=C[C@@H]2C1. The van der Waals surface area contributed by atoms with Crippen molar-refractivity contribution in [3.63, 3.8) is 0 Å². The number of hydrogen-bond donors (Lipinski definition) is 0. The van der Waals surface area contributed by atoms with Crippen molar-refractivity contribution >= 4 is 5.78 Å². The van der Waals surface area contributed by atoms with Gasteiger partial charge in [-0.1, -0.05) is 12.2 Å². The molecule has 0 heterocycles. The van der Waals surface area contributed by atoms with Crippen LogP contribution in [0.15, 0.2) is 24.3 Å². The molecule has 15 heavy (non-hydrogen) atoms. The standard InChI is InChI=1S/C13H16O2/c1-13(15-2)6-5-10(14)11-8-3-4-9(7-8)12(11)13/h3-6,8-9,11-12H,7H2,1-2H3/t8-,9+,11+,12+,13-/m1/s1. The molecule has 0 radical (unpaired) electrons. The van der Waals surface area contributed by atoms with Crippen LogP contribution in [0.5, 0.6) is 0 Å². The lowest BCUT2D eigenvalue weighted by Gasteiger charge is -2.41. The van der Waals surface area contributed by atoms with Crippen molar-refractivity contribution in [3.05, 3.63) is 24.3 Å². The van der Waals surface area contributed by atoms with Crippen LogP contribution in [0.25, 0.3) is 0 Å². The van der Waals surface area contributed by atoms with Crippen LogP contribution in [0.1, 0.15) is 13.3 Å². The molecule has 0 N–H and O–H groups in total. The molecule has 5 atom stereocenters. The minimum Gasteiger partial charge on any atom is -0.374 e. The van der Waals surface area contributed by atoms with Crippen molar-refractivity contribution in [1.82, 2.24) is 0 Å². The third kappa shape index (κ3) is 1.06. The molecule has 0 aliphatic heterocycles. The largest absolute Gasteiger partial charge is 0.374 e. The number of hydrogen-bond acceptors (Lipinski definition) is 2. The summed E-state index contributed by atoms with van der Waals surface area (Å²) in [6, 6.07) is 0. The highest BCUT2D eigenvalue weighted by Crippen LogP contribution is 2.55. The maximum absolute atomic E-state index is 11.9. The predicted octanol–water partition coefficient (Wildman–Crippen LogP) is 1.97. The Bertz CT molecular complexity index is 369. The summed E-state index contributed by atoms with van der Waals surface area (Å²) in [6.07, 6.45) is 9.31. The van der Waals surface area contributed by atoms with Gasteiger partial charge in [0.15, 0.2) is 5.78 Å². The summed E-state index contributed by atoms with van der Waals surface area (Å²) in [7, 11) is 1.74. The van der Waals surface area contributed by atoms with Crippen LogP contribution in [-0.2, 0) is 9.53 Å². The topological polar surface area (TPSA) is 26.3 Å². The molecule has 0 aromatic carbocycles. The van der Waals surface area contributed by atoms with E-state index in [0.29, 0.717) is 23.5 Å². The van der Waals surface area contributed by atoms with Gasteiger partial charge in [-0.3, -0.25) is 4.79 Å². The average molecular weight is 204 g/mol. The van der Waals surface area contributed by atoms with Crippen molar-refractivity contribution < 1.29 is 9.53 Å². The van der Waals surface area contributed by atoms with E-state index in [9.17, 15) is 4.79 Å². The molecule has 0 amide bonds. The summed E-state index contributed by atoms with van der Waals surface area (Å²) in [5.74, 6) is 1.84. The number of carbonyl (C=O) groups is 1. The zero-order chi connectivity index (χ0) is 10.6. The van der Waals surface area contributed by atoms with E-state index < -0.39 is 0 Å². The van der Waals surface area contributed by atoms with Crippen LogP contribution in [0.2, 0.25) is 0 Å². The normalized spacial score (nSPS) is 51.2. The van der Waals surface area contributed by atoms with Gasteiger partial charge in [-0.25, -0.2) is 0 Å². The van der Waals surface area contributed by atoms with E-state index in [1.807, 2.05) is 6.08 Å². The van der Waals surface area contributed by atoms with Gasteiger partial charge in [0.1, 0.15) is 0 Å². The number of methoxy groups -OCH3 is 1. The molecule has 2 heteroatoms. The third-order valence-electron chi connectivity index (χ3n) is 4.47. The van der Waals surface area contributed by atoms with E-state index in [0.717, 1.165) is 6.42 Å². The molecular weight excluding hydrogens is 188 g/mol. The average Bonchev–Trinajstić information content (AvgIpc) is 2.84. The van der Waals surface area contributed by atoms with E-state index >= 15 is 0 Å². The molecule has 0 aromatic heterocycles. The molecule has 0 spiro atoms. The molecule has 2 nitrogen and oxygen atoms in total. The Kier molecular flexibility index (Phi) is 1.76. The summed E-state index contributed by atoms with van der Waals surface area (Å²) in [5, 5.41) is 0. The molecule has 1 fully saturated rings. The molecule has 3 aliphatic rings. The van der Waals surface area contributed by atoms with Crippen LogP contribution >= 0.6 is 0 Å². The Morgan fingerprint density at radius 1 is 1.40 bits per heavy atom. The maximum Gasteiger partial charge on any atom is 0.159 e. The molecule has 0 saturated heterocycles. The summed E-state index contributed by atoms with van der Waals surface area (Å²) in [6.45, 7) is 2.10. The second-order valence-corrected chi connectivity index (χ2v) is 5.12. The van der Waals surface area contributed by atoms with Crippen molar-refractivity contribution in [1.29, 1.82) is 0 Å². The Morgan fingerprint density at radius 2 is 2.13 bits per heavy atom. The Hall–Kier alpha value is -0.890. The number of ether oxygens (including phenoxy) is 1. The van der Waals surface area contributed by atoms with Gasteiger partial charge in [0.05, 0.1) is 5.60 Å². The van der Waals surface area contributed by atoms with Crippen molar-refractivity contribution in [2.45, 2.75) is 18.9 Å². The van der Waals surface area contributed by atoms with Gasteiger partial charge in [-0.05, 0) is 37.3 Å². The van der Waals surface area contributed by atoms with E-state index in [-0.39, 0.29) is 11.5 Å². The van der Waals surface area contributed by atoms with Crippen LogP contribution in [0, 0.1) is 23.7 Å². The number of ketones is 1. The first kappa shape index (κ1) is 9.34. The second kappa shape index (κ2) is 2.82. The highest BCUT2D eigenvalue weighted by atomic mass is 16.5. The third-order valence-corrected chi connectivity index (χ3v) is 4.47. The van der Waals surface area contributed by atoms with Gasteiger partial charge in [-0.2, -0.15) is 0 Å². The van der Waals surface area contributed by atoms with Crippen molar-refractivity contribution in [2.24, 2.45) is 23.7 Å². The molecule has 80 valence electrons. The van der Waals surface area contributed by atoms with Gasteiger partial charge in [-0.15, -0.1) is 0 Å². The Labute approximate surface area is 90.0 Å². The Morgan fingerprint density at radius 3 is 2.87 bits per heavy atom. The number of fused-ring (bicyclic) bond motifs is 5. The second-order valence-electron chi connectivity index (χ2n) is 5.12. The molecule has 3 aliphatic carbocycles. The lowest BCUT2D eigenvalue weighted by Crippen LogP contribution is -2.46. The zero-order valence-corrected chi connectivity index (χ0v) is 9.14. The number of rotatable bonds is 1. The summed E-state index contributed by atoms with van der Waals surface area (Å²) < 4.78 is 5.62. The molecule has 2 bridgehead atoms. The van der Waals surface area contributed by atoms with E-state index in [1.54, 1.807) is 13.2 Å². The smallest absolute Gasteiger partial charge is 0.159 e. The fraction of sp³-hybridized carbons (Fsp3) is 0.615. The van der Waals surface area contributed by atoms with Crippen LogP contribution < -0.4 is 0 Å². The van der Waals surface area contributed by atoms with E-state index in [1.165, 1.54) is 0 Å². The highest BCUT2D eigenvalue weighted by Gasteiger charge is 2.55.